The Hall–Kier alpha value is -3.48. The number of esters is 1. The van der Waals surface area contributed by atoms with Crippen LogP contribution in [0.3, 0.4) is 0 Å². The van der Waals surface area contributed by atoms with Crippen molar-refractivity contribution in [3.63, 3.8) is 0 Å². The van der Waals surface area contributed by atoms with Gasteiger partial charge in [0.1, 0.15) is 6.04 Å². The predicted octanol–water partition coefficient (Wildman–Crippen LogP) is 1.97. The molecule has 0 saturated carbocycles. The van der Waals surface area contributed by atoms with E-state index in [1.165, 1.54) is 17.0 Å². The highest BCUT2D eigenvalue weighted by Crippen LogP contribution is 2.11. The molecule has 1 aliphatic rings. The van der Waals surface area contributed by atoms with Crippen molar-refractivity contribution in [2.75, 3.05) is 13.1 Å². The summed E-state index contributed by atoms with van der Waals surface area (Å²) in [4.78, 5) is 50.0. The van der Waals surface area contributed by atoms with Gasteiger partial charge in [-0.1, -0.05) is 48.5 Å². The van der Waals surface area contributed by atoms with Crippen LogP contribution in [0, 0.1) is 0 Å². The number of hydrogen-bond donors (Lipinski definition) is 1. The smallest absolute Gasteiger partial charge is 0.373 e. The van der Waals surface area contributed by atoms with Gasteiger partial charge in [-0.3, -0.25) is 9.59 Å². The average molecular weight is 380 g/mol. The van der Waals surface area contributed by atoms with E-state index in [4.69, 9.17) is 4.74 Å². The second-order valence-electron chi connectivity index (χ2n) is 6.48. The zero-order valence-corrected chi connectivity index (χ0v) is 15.2. The first-order valence-electron chi connectivity index (χ1n) is 8.95. The molecule has 2 amide bonds. The summed E-state index contributed by atoms with van der Waals surface area (Å²) in [6.45, 7) is 0.354. The van der Waals surface area contributed by atoms with E-state index in [0.29, 0.717) is 13.0 Å². The fourth-order valence-corrected chi connectivity index (χ4v) is 2.98. The number of Topliss-reactive ketones (excluding diaryl/α,β-unsaturated/α-hetero) is 1. The van der Waals surface area contributed by atoms with E-state index in [1.807, 2.05) is 30.3 Å². The van der Waals surface area contributed by atoms with E-state index >= 15 is 0 Å². The minimum absolute atomic E-state index is 0.0198. The minimum Gasteiger partial charge on any atom is -0.373 e. The van der Waals surface area contributed by atoms with Crippen LogP contribution in [0.25, 0.3) is 0 Å². The van der Waals surface area contributed by atoms with Crippen LogP contribution in [0.2, 0.25) is 0 Å². The molecule has 28 heavy (non-hydrogen) atoms. The van der Waals surface area contributed by atoms with E-state index in [-0.39, 0.29) is 30.2 Å². The number of nitrogens with zero attached hydrogens (tertiary/aromatic N) is 1. The van der Waals surface area contributed by atoms with E-state index in [9.17, 15) is 19.2 Å². The van der Waals surface area contributed by atoms with Crippen molar-refractivity contribution in [2.45, 2.75) is 18.9 Å². The number of alkyl carbamates (subject to hydrolysis) is 1. The van der Waals surface area contributed by atoms with Crippen molar-refractivity contribution in [1.29, 1.82) is 0 Å². The molecule has 0 radical (unpaired) electrons. The van der Waals surface area contributed by atoms with Gasteiger partial charge < -0.3 is 15.0 Å². The van der Waals surface area contributed by atoms with Gasteiger partial charge in [-0.2, -0.15) is 0 Å². The summed E-state index contributed by atoms with van der Waals surface area (Å²) >= 11 is 0. The van der Waals surface area contributed by atoms with Crippen molar-refractivity contribution in [3.8, 4) is 0 Å². The van der Waals surface area contributed by atoms with Crippen LogP contribution in [0.1, 0.15) is 22.3 Å². The molecule has 1 aliphatic heterocycles. The number of amides is 2. The third-order valence-corrected chi connectivity index (χ3v) is 4.41. The second-order valence-corrected chi connectivity index (χ2v) is 6.48. The summed E-state index contributed by atoms with van der Waals surface area (Å²) in [5.74, 6) is -1.20. The quantitative estimate of drug-likeness (QED) is 0.632. The van der Waals surface area contributed by atoms with Crippen LogP contribution in [0.4, 0.5) is 4.79 Å². The Morgan fingerprint density at radius 2 is 1.64 bits per heavy atom. The van der Waals surface area contributed by atoms with Crippen LogP contribution in [0.5, 0.6) is 0 Å². The number of likely N-dealkylation sites (tertiary alicyclic amines) is 1. The van der Waals surface area contributed by atoms with Gasteiger partial charge in [-0.05, 0) is 17.7 Å². The summed E-state index contributed by atoms with van der Waals surface area (Å²) in [6.07, 6.45) is -0.478. The number of benzene rings is 2. The van der Waals surface area contributed by atoms with Gasteiger partial charge in [0.05, 0.1) is 12.1 Å². The maximum absolute atomic E-state index is 12.8. The predicted molar refractivity (Wildman–Crippen MR) is 101 cm³/mol. The molecule has 7 heteroatoms. The van der Waals surface area contributed by atoms with Crippen LogP contribution in [-0.4, -0.2) is 47.8 Å². The fraction of sp³-hybridized carbons (Fsp3) is 0.238. The van der Waals surface area contributed by atoms with E-state index in [0.717, 1.165) is 5.56 Å². The van der Waals surface area contributed by atoms with Crippen molar-refractivity contribution in [1.82, 2.24) is 10.2 Å². The first-order chi connectivity index (χ1) is 13.5. The zero-order chi connectivity index (χ0) is 19.9. The Labute approximate surface area is 162 Å². The molecule has 2 aromatic rings. The van der Waals surface area contributed by atoms with Gasteiger partial charge in [-0.15, -0.1) is 0 Å². The van der Waals surface area contributed by atoms with Crippen LogP contribution >= 0.6 is 0 Å². The molecule has 1 saturated heterocycles. The van der Waals surface area contributed by atoms with Crippen molar-refractivity contribution in [2.24, 2.45) is 0 Å². The maximum atomic E-state index is 12.8. The number of rotatable bonds is 5. The van der Waals surface area contributed by atoms with Gasteiger partial charge in [0.15, 0.2) is 5.78 Å². The van der Waals surface area contributed by atoms with Gasteiger partial charge >= 0.3 is 12.1 Å². The van der Waals surface area contributed by atoms with Crippen molar-refractivity contribution in [3.05, 3.63) is 71.8 Å². The second kappa shape index (κ2) is 8.94. The lowest BCUT2D eigenvalue weighted by molar-refractivity contribution is -0.133. The number of ether oxygens (including phenoxy) is 1. The molecule has 1 heterocycles. The standard InChI is InChI=1S/C21H20N2O5/c24-17-11-12-23(14-17)19(25)18(13-15-7-3-1-4-8-15)22-21(27)28-20(26)16-9-5-2-6-10-16/h1-10,18H,11-14H2,(H,22,27)/t18-/m0/s1. The van der Waals surface area contributed by atoms with Crippen molar-refractivity contribution < 1.29 is 23.9 Å². The normalized spacial score (nSPS) is 14.4. The molecule has 1 N–H and O–H groups in total. The van der Waals surface area contributed by atoms with E-state index in [2.05, 4.69) is 5.32 Å². The highest BCUT2D eigenvalue weighted by atomic mass is 16.6. The van der Waals surface area contributed by atoms with Crippen LogP contribution < -0.4 is 5.32 Å². The summed E-state index contributed by atoms with van der Waals surface area (Å²) in [6, 6.07) is 16.3. The molecule has 0 bridgehead atoms. The lowest BCUT2D eigenvalue weighted by Crippen LogP contribution is -2.49. The molecule has 1 fully saturated rings. The maximum Gasteiger partial charge on any atom is 0.415 e. The summed E-state index contributed by atoms with van der Waals surface area (Å²) in [7, 11) is 0. The number of nitrogens with one attached hydrogen (secondary N) is 1. The van der Waals surface area contributed by atoms with Gasteiger partial charge in [0.25, 0.3) is 0 Å². The molecular weight excluding hydrogens is 360 g/mol. The highest BCUT2D eigenvalue weighted by molar-refractivity contribution is 5.98. The topological polar surface area (TPSA) is 92.8 Å². The molecule has 144 valence electrons. The average Bonchev–Trinajstić information content (AvgIpc) is 3.14. The summed E-state index contributed by atoms with van der Waals surface area (Å²) in [5, 5.41) is 2.47. The van der Waals surface area contributed by atoms with Crippen molar-refractivity contribution >= 4 is 23.8 Å². The molecule has 0 unspecified atom stereocenters. The first kappa shape index (κ1) is 19.3. The number of ketones is 1. The zero-order valence-electron chi connectivity index (χ0n) is 15.2. The molecular formula is C21H20N2O5. The van der Waals surface area contributed by atoms with E-state index < -0.39 is 18.1 Å². The Morgan fingerprint density at radius 3 is 2.25 bits per heavy atom. The fourth-order valence-electron chi connectivity index (χ4n) is 2.98. The highest BCUT2D eigenvalue weighted by Gasteiger charge is 2.31. The summed E-state index contributed by atoms with van der Waals surface area (Å²) in [5.41, 5.74) is 1.06. The molecule has 2 aromatic carbocycles. The Balaban J connectivity index is 1.69. The Bertz CT molecular complexity index is 867. The Kier molecular flexibility index (Phi) is 6.16. The van der Waals surface area contributed by atoms with E-state index in [1.54, 1.807) is 18.2 Å². The third kappa shape index (κ3) is 5.03. The molecule has 3 rings (SSSR count). The third-order valence-electron chi connectivity index (χ3n) is 4.41. The van der Waals surface area contributed by atoms with Crippen LogP contribution in [-0.2, 0) is 20.7 Å². The molecule has 1 atom stereocenters. The van der Waals surface area contributed by atoms with Crippen LogP contribution in [0.15, 0.2) is 60.7 Å². The largest absolute Gasteiger partial charge is 0.415 e. The first-order valence-corrected chi connectivity index (χ1v) is 8.95. The summed E-state index contributed by atoms with van der Waals surface area (Å²) < 4.78 is 4.81. The monoisotopic (exact) mass is 380 g/mol. The number of carbonyl (C=O) groups excluding carboxylic acids is 4. The van der Waals surface area contributed by atoms with Gasteiger partial charge in [0, 0.05) is 19.4 Å². The Morgan fingerprint density at radius 1 is 1.00 bits per heavy atom. The molecule has 0 aromatic heterocycles. The minimum atomic E-state index is -1.01. The number of carbonyl (C=O) groups is 4. The molecule has 0 aliphatic carbocycles. The molecule has 7 nitrogen and oxygen atoms in total. The van der Waals surface area contributed by atoms with Gasteiger partial charge in [-0.25, -0.2) is 9.59 Å². The lowest BCUT2D eigenvalue weighted by atomic mass is 10.1. The lowest BCUT2D eigenvalue weighted by Gasteiger charge is -2.23. The molecule has 0 spiro atoms. The SMILES string of the molecule is O=C1CCN(C(=O)[C@H](Cc2ccccc2)NC(=O)OC(=O)c2ccccc2)C1. The van der Waals surface area contributed by atoms with Gasteiger partial charge in [0.2, 0.25) is 5.91 Å². The number of hydrogen-bond acceptors (Lipinski definition) is 5.